The van der Waals surface area contributed by atoms with Crippen molar-refractivity contribution in [3.63, 3.8) is 0 Å². The first-order chi connectivity index (χ1) is 25.3. The SMILES string of the molecule is CCCCCC=CCC=CCC=CCC1OC1CCCC(=O)OC(COC(=O)CCCCCCCCCCCCCCC)COP(=O)(O)OCCN. The van der Waals surface area contributed by atoms with Gasteiger partial charge in [-0.05, 0) is 51.4 Å². The highest BCUT2D eigenvalue weighted by molar-refractivity contribution is 7.47. The first-order valence-corrected chi connectivity index (χ1v) is 22.1. The van der Waals surface area contributed by atoms with Crippen LogP contribution in [0.4, 0.5) is 0 Å². The largest absolute Gasteiger partial charge is 0.472 e. The molecule has 3 N–H and O–H groups in total. The van der Waals surface area contributed by atoms with E-state index >= 15 is 0 Å². The molecule has 1 rings (SSSR count). The Hall–Kier alpha value is -1.81. The molecule has 10 nitrogen and oxygen atoms in total. The predicted molar refractivity (Wildman–Crippen MR) is 210 cm³/mol. The van der Waals surface area contributed by atoms with Crippen molar-refractivity contribution in [1.82, 2.24) is 0 Å². The number of epoxide rings is 1. The fourth-order valence-electron chi connectivity index (χ4n) is 5.78. The monoisotopic (exact) mass is 756 g/mol. The van der Waals surface area contributed by atoms with Gasteiger partial charge < -0.3 is 24.8 Å². The van der Waals surface area contributed by atoms with Crippen LogP contribution in [0.1, 0.15) is 168 Å². The second-order valence-electron chi connectivity index (χ2n) is 13.9. The van der Waals surface area contributed by atoms with E-state index in [4.69, 9.17) is 29.0 Å². The summed E-state index contributed by atoms with van der Waals surface area (Å²) in [6.07, 6.45) is 37.6. The van der Waals surface area contributed by atoms with E-state index in [1.165, 1.54) is 83.5 Å². The summed E-state index contributed by atoms with van der Waals surface area (Å²) >= 11 is 0. The lowest BCUT2D eigenvalue weighted by Gasteiger charge is -2.19. The lowest BCUT2D eigenvalue weighted by atomic mass is 10.0. The van der Waals surface area contributed by atoms with Gasteiger partial charge in [-0.1, -0.05) is 140 Å². The van der Waals surface area contributed by atoms with Crippen LogP contribution in [0.15, 0.2) is 36.5 Å². The summed E-state index contributed by atoms with van der Waals surface area (Å²) in [5.74, 6) is -0.903. The van der Waals surface area contributed by atoms with Crippen molar-refractivity contribution in [3.8, 4) is 0 Å². The summed E-state index contributed by atoms with van der Waals surface area (Å²) in [5.41, 5.74) is 5.34. The summed E-state index contributed by atoms with van der Waals surface area (Å²) in [4.78, 5) is 34.9. The number of phosphoric ester groups is 1. The standard InChI is InChI=1S/C41H74NO9P/c1-3-5-7-9-11-13-15-17-19-21-23-25-27-31-40(43)47-35-37(36-49-52(45,46)48-34-33-42)50-41(44)32-28-30-39-38(51-39)29-26-24-22-20-18-16-14-12-10-8-6-4-2/h12,14,18,20,24,26,37-39H,3-11,13,15-17,19,21-23,25,27-36,42H2,1-2H3,(H,45,46). The Morgan fingerprint density at radius 2 is 1.25 bits per heavy atom. The fourth-order valence-corrected chi connectivity index (χ4v) is 6.54. The predicted octanol–water partition coefficient (Wildman–Crippen LogP) is 10.4. The number of unbranched alkanes of at least 4 members (excludes halogenated alkanes) is 15. The Morgan fingerprint density at radius 1 is 0.692 bits per heavy atom. The molecule has 0 aromatic rings. The van der Waals surface area contributed by atoms with Gasteiger partial charge in [0.05, 0.1) is 25.4 Å². The number of ether oxygens (including phenoxy) is 3. The Labute approximate surface area is 316 Å². The van der Waals surface area contributed by atoms with Gasteiger partial charge in [-0.25, -0.2) is 4.57 Å². The zero-order chi connectivity index (χ0) is 38.0. The highest BCUT2D eigenvalue weighted by atomic mass is 31.2. The van der Waals surface area contributed by atoms with Crippen molar-refractivity contribution >= 4 is 19.8 Å². The second-order valence-corrected chi connectivity index (χ2v) is 15.3. The van der Waals surface area contributed by atoms with E-state index in [2.05, 4.69) is 50.3 Å². The molecule has 4 unspecified atom stereocenters. The second kappa shape index (κ2) is 33.7. The van der Waals surface area contributed by atoms with E-state index in [9.17, 15) is 19.0 Å². The third-order valence-corrected chi connectivity index (χ3v) is 9.94. The van der Waals surface area contributed by atoms with Crippen LogP contribution in [0, 0.1) is 0 Å². The molecule has 1 aliphatic rings. The number of hydrogen-bond acceptors (Lipinski definition) is 9. The molecular weight excluding hydrogens is 681 g/mol. The lowest BCUT2D eigenvalue weighted by molar-refractivity contribution is -0.161. The van der Waals surface area contributed by atoms with Gasteiger partial charge in [0, 0.05) is 19.4 Å². The van der Waals surface area contributed by atoms with Crippen molar-refractivity contribution in [2.75, 3.05) is 26.4 Å². The van der Waals surface area contributed by atoms with Gasteiger partial charge in [-0.15, -0.1) is 0 Å². The average Bonchev–Trinajstić information content (AvgIpc) is 3.88. The van der Waals surface area contributed by atoms with Crippen molar-refractivity contribution < 1.29 is 42.3 Å². The van der Waals surface area contributed by atoms with E-state index in [1.807, 2.05) is 0 Å². The fraction of sp³-hybridized carbons (Fsp3) is 0.805. The molecule has 4 atom stereocenters. The molecule has 1 heterocycles. The first kappa shape index (κ1) is 48.2. The number of nitrogens with two attached hydrogens (primary N) is 1. The quantitative estimate of drug-likeness (QED) is 0.0206. The van der Waals surface area contributed by atoms with Crippen LogP contribution >= 0.6 is 7.82 Å². The van der Waals surface area contributed by atoms with Crippen molar-refractivity contribution in [1.29, 1.82) is 0 Å². The number of phosphoric acid groups is 1. The van der Waals surface area contributed by atoms with Crippen LogP contribution in [-0.2, 0) is 37.4 Å². The van der Waals surface area contributed by atoms with E-state index in [0.717, 1.165) is 51.4 Å². The van der Waals surface area contributed by atoms with E-state index in [0.29, 0.717) is 6.42 Å². The number of esters is 2. The minimum atomic E-state index is -4.40. The Morgan fingerprint density at radius 3 is 1.88 bits per heavy atom. The van der Waals surface area contributed by atoms with Crippen LogP contribution < -0.4 is 5.73 Å². The number of carbonyl (C=O) groups excluding carboxylic acids is 2. The maximum atomic E-state index is 12.6. The van der Waals surface area contributed by atoms with Gasteiger partial charge in [-0.3, -0.25) is 18.6 Å². The minimum Gasteiger partial charge on any atom is -0.462 e. The van der Waals surface area contributed by atoms with Gasteiger partial charge in [0.15, 0.2) is 6.10 Å². The average molecular weight is 756 g/mol. The van der Waals surface area contributed by atoms with E-state index in [-0.39, 0.29) is 44.8 Å². The summed E-state index contributed by atoms with van der Waals surface area (Å²) in [6, 6.07) is 0. The van der Waals surface area contributed by atoms with Crippen LogP contribution in [0.25, 0.3) is 0 Å². The molecule has 1 fully saturated rings. The normalized spacial score (nSPS) is 17.6. The van der Waals surface area contributed by atoms with Crippen molar-refractivity contribution in [2.24, 2.45) is 5.73 Å². The third kappa shape index (κ3) is 30.6. The topological polar surface area (TPSA) is 147 Å². The molecule has 1 saturated heterocycles. The highest BCUT2D eigenvalue weighted by Gasteiger charge is 2.36. The number of hydrogen-bond donors (Lipinski definition) is 2. The molecule has 0 aromatic heterocycles. The number of carbonyl (C=O) groups is 2. The zero-order valence-corrected chi connectivity index (χ0v) is 33.6. The van der Waals surface area contributed by atoms with Crippen molar-refractivity contribution in [2.45, 2.75) is 186 Å². The number of rotatable bonds is 37. The van der Waals surface area contributed by atoms with Gasteiger partial charge in [0.25, 0.3) is 0 Å². The van der Waals surface area contributed by atoms with Gasteiger partial charge in [0.1, 0.15) is 6.61 Å². The molecule has 1 aliphatic heterocycles. The summed E-state index contributed by atoms with van der Waals surface area (Å²) in [7, 11) is -4.40. The van der Waals surface area contributed by atoms with E-state index in [1.54, 1.807) is 0 Å². The third-order valence-electron chi connectivity index (χ3n) is 8.95. The van der Waals surface area contributed by atoms with Crippen molar-refractivity contribution in [3.05, 3.63) is 36.5 Å². The lowest BCUT2D eigenvalue weighted by Crippen LogP contribution is -2.29. The molecule has 0 aliphatic carbocycles. The molecule has 11 heteroatoms. The molecule has 0 amide bonds. The van der Waals surface area contributed by atoms with Gasteiger partial charge in [-0.2, -0.15) is 0 Å². The number of allylic oxidation sites excluding steroid dienone is 5. The Kier molecular flexibility index (Phi) is 31.3. The summed E-state index contributed by atoms with van der Waals surface area (Å²) < 4.78 is 38.5. The smallest absolute Gasteiger partial charge is 0.462 e. The maximum Gasteiger partial charge on any atom is 0.472 e. The molecule has 52 heavy (non-hydrogen) atoms. The van der Waals surface area contributed by atoms with Gasteiger partial charge >= 0.3 is 19.8 Å². The summed E-state index contributed by atoms with van der Waals surface area (Å²) in [5, 5.41) is 0. The van der Waals surface area contributed by atoms with Crippen LogP contribution in [0.3, 0.4) is 0 Å². The van der Waals surface area contributed by atoms with Crippen LogP contribution in [0.2, 0.25) is 0 Å². The maximum absolute atomic E-state index is 12.6. The molecule has 0 bridgehead atoms. The van der Waals surface area contributed by atoms with Crippen LogP contribution in [-0.4, -0.2) is 61.5 Å². The minimum absolute atomic E-state index is 0.0414. The Bertz CT molecular complexity index is 1020. The summed E-state index contributed by atoms with van der Waals surface area (Å²) in [6.45, 7) is 3.61. The molecule has 0 spiro atoms. The molecule has 0 aromatic carbocycles. The van der Waals surface area contributed by atoms with Gasteiger partial charge in [0.2, 0.25) is 0 Å². The molecule has 0 saturated carbocycles. The van der Waals surface area contributed by atoms with E-state index < -0.39 is 32.5 Å². The Balaban J connectivity index is 2.26. The van der Waals surface area contributed by atoms with Crippen LogP contribution in [0.5, 0.6) is 0 Å². The molecule has 302 valence electrons. The molecular formula is C41H74NO9P. The first-order valence-electron chi connectivity index (χ1n) is 20.6. The zero-order valence-electron chi connectivity index (χ0n) is 32.7. The highest BCUT2D eigenvalue weighted by Crippen LogP contribution is 2.43. The molecule has 0 radical (unpaired) electrons.